The topological polar surface area (TPSA) is 59.5 Å². The molecule has 5 heteroatoms. The number of benzene rings is 1. The molecule has 1 aliphatic rings. The molecule has 2 aromatic rings. The van der Waals surface area contributed by atoms with Crippen LogP contribution in [0.15, 0.2) is 48.7 Å². The molecule has 25 heavy (non-hydrogen) atoms. The monoisotopic (exact) mass is 338 g/mol. The minimum Gasteiger partial charge on any atom is -0.363 e. The average Bonchev–Trinajstić information content (AvgIpc) is 2.89. The van der Waals surface area contributed by atoms with Gasteiger partial charge in [0.25, 0.3) is 5.91 Å². The Kier molecular flexibility index (Phi) is 4.95. The minimum atomic E-state index is -1.28. The quantitative estimate of drug-likeness (QED) is 0.727. The number of nitrogens with zero attached hydrogens (tertiary/aromatic N) is 2. The number of unbranched alkanes of at least 4 members (excludes halogenated alkanes) is 1. The summed E-state index contributed by atoms with van der Waals surface area (Å²) in [6, 6.07) is 12.7. The number of methoxy groups -OCH3 is 1. The summed E-state index contributed by atoms with van der Waals surface area (Å²) in [7, 11) is 1.49. The Balaban J connectivity index is 1.99. The van der Waals surface area contributed by atoms with Gasteiger partial charge in [-0.15, -0.1) is 0 Å². The van der Waals surface area contributed by atoms with Gasteiger partial charge in [0.1, 0.15) is 5.69 Å². The zero-order valence-electron chi connectivity index (χ0n) is 14.6. The molecule has 1 atom stereocenters. The van der Waals surface area contributed by atoms with Crippen LogP contribution in [0.3, 0.4) is 0 Å². The third-order valence-electron chi connectivity index (χ3n) is 4.66. The van der Waals surface area contributed by atoms with Crippen molar-refractivity contribution in [2.75, 3.05) is 18.6 Å². The van der Waals surface area contributed by atoms with Crippen LogP contribution in [0.1, 0.15) is 42.2 Å². The summed E-state index contributed by atoms with van der Waals surface area (Å²) in [5.74, 6) is -0.378. The maximum atomic E-state index is 13.2. The third-order valence-corrected chi connectivity index (χ3v) is 4.66. The highest BCUT2D eigenvalue weighted by Crippen LogP contribution is 2.45. The van der Waals surface area contributed by atoms with Crippen molar-refractivity contribution in [2.45, 2.75) is 31.8 Å². The van der Waals surface area contributed by atoms with Crippen LogP contribution in [0.25, 0.3) is 0 Å². The number of fused-ring (bicyclic) bond motifs is 1. The number of aromatic nitrogens is 1. The lowest BCUT2D eigenvalue weighted by atomic mass is 9.88. The number of anilines is 1. The molecule has 1 amide bonds. The maximum Gasteiger partial charge on any atom is 0.264 e. The summed E-state index contributed by atoms with van der Waals surface area (Å²) >= 11 is 0. The number of Topliss-reactive ketones (excluding diaryl/α,β-unsaturated/α-hetero) is 1. The van der Waals surface area contributed by atoms with Gasteiger partial charge in [-0.3, -0.25) is 14.6 Å². The van der Waals surface area contributed by atoms with Crippen molar-refractivity contribution in [1.82, 2.24) is 4.98 Å². The number of amides is 1. The van der Waals surface area contributed by atoms with E-state index in [0.717, 1.165) is 24.1 Å². The van der Waals surface area contributed by atoms with Gasteiger partial charge in [-0.05, 0) is 24.6 Å². The molecule has 0 saturated heterocycles. The fourth-order valence-corrected chi connectivity index (χ4v) is 3.32. The Hall–Kier alpha value is -2.53. The summed E-state index contributed by atoms with van der Waals surface area (Å²) in [4.78, 5) is 31.8. The number of ketones is 1. The zero-order valence-corrected chi connectivity index (χ0v) is 14.6. The molecular weight excluding hydrogens is 316 g/mol. The van der Waals surface area contributed by atoms with E-state index in [4.69, 9.17) is 4.74 Å². The van der Waals surface area contributed by atoms with E-state index in [2.05, 4.69) is 11.9 Å². The SMILES string of the molecule is CCCCN1C(=O)C(CC(=O)c2ccccn2)(OC)c2ccccc21. The second-order valence-corrected chi connectivity index (χ2v) is 6.17. The molecule has 130 valence electrons. The van der Waals surface area contributed by atoms with Crippen molar-refractivity contribution in [1.29, 1.82) is 0 Å². The molecule has 2 heterocycles. The summed E-state index contributed by atoms with van der Waals surface area (Å²) in [6.45, 7) is 2.70. The van der Waals surface area contributed by atoms with Gasteiger partial charge in [-0.25, -0.2) is 0 Å². The van der Waals surface area contributed by atoms with Crippen LogP contribution in [-0.2, 0) is 15.1 Å². The van der Waals surface area contributed by atoms with Gasteiger partial charge < -0.3 is 9.64 Å². The van der Waals surface area contributed by atoms with E-state index >= 15 is 0 Å². The van der Waals surface area contributed by atoms with Crippen LogP contribution in [0.5, 0.6) is 0 Å². The highest BCUT2D eigenvalue weighted by Gasteiger charge is 2.52. The highest BCUT2D eigenvalue weighted by atomic mass is 16.5. The summed E-state index contributed by atoms with van der Waals surface area (Å²) in [6.07, 6.45) is 3.40. The van der Waals surface area contributed by atoms with Crippen molar-refractivity contribution in [3.05, 3.63) is 59.9 Å². The van der Waals surface area contributed by atoms with E-state index in [1.54, 1.807) is 29.3 Å². The lowest BCUT2D eigenvalue weighted by molar-refractivity contribution is -0.139. The smallest absolute Gasteiger partial charge is 0.264 e. The first-order valence-corrected chi connectivity index (χ1v) is 8.55. The number of rotatable bonds is 7. The van der Waals surface area contributed by atoms with Crippen LogP contribution in [0.4, 0.5) is 5.69 Å². The standard InChI is InChI=1S/C20H22N2O3/c1-3-4-13-22-17-11-6-5-9-15(17)20(25-2,19(22)24)14-18(23)16-10-7-8-12-21-16/h5-12H,3-4,13-14H2,1-2H3. The molecule has 3 rings (SSSR count). The lowest BCUT2D eigenvalue weighted by Gasteiger charge is -2.26. The lowest BCUT2D eigenvalue weighted by Crippen LogP contribution is -2.43. The Bertz CT molecular complexity index is 776. The van der Waals surface area contributed by atoms with Gasteiger partial charge in [-0.1, -0.05) is 37.6 Å². The maximum absolute atomic E-state index is 13.2. The minimum absolute atomic E-state index is 0.0566. The van der Waals surface area contributed by atoms with Crippen LogP contribution in [-0.4, -0.2) is 30.3 Å². The molecule has 5 nitrogen and oxygen atoms in total. The molecule has 0 saturated carbocycles. The Morgan fingerprint density at radius 3 is 2.64 bits per heavy atom. The van der Waals surface area contributed by atoms with E-state index in [1.807, 2.05) is 24.3 Å². The number of carbonyl (C=O) groups is 2. The third kappa shape index (κ3) is 2.96. The fourth-order valence-electron chi connectivity index (χ4n) is 3.32. The van der Waals surface area contributed by atoms with Gasteiger partial charge in [-0.2, -0.15) is 0 Å². The molecule has 0 aliphatic carbocycles. The van der Waals surface area contributed by atoms with Gasteiger partial charge in [0, 0.05) is 25.4 Å². The van der Waals surface area contributed by atoms with E-state index in [-0.39, 0.29) is 18.1 Å². The van der Waals surface area contributed by atoms with E-state index < -0.39 is 5.60 Å². The summed E-state index contributed by atoms with van der Waals surface area (Å²) in [5.41, 5.74) is 0.648. The van der Waals surface area contributed by atoms with Gasteiger partial charge >= 0.3 is 0 Å². The Morgan fingerprint density at radius 2 is 1.96 bits per heavy atom. The molecular formula is C20H22N2O3. The van der Waals surface area contributed by atoms with Gasteiger partial charge in [0.05, 0.1) is 12.1 Å². The van der Waals surface area contributed by atoms with E-state index in [1.165, 1.54) is 7.11 Å². The molecule has 1 aliphatic heterocycles. The summed E-state index contributed by atoms with van der Waals surface area (Å²) in [5, 5.41) is 0. The van der Waals surface area contributed by atoms with Crippen LogP contribution < -0.4 is 4.90 Å². The first-order chi connectivity index (χ1) is 12.1. The van der Waals surface area contributed by atoms with Crippen molar-refractivity contribution in [3.8, 4) is 0 Å². The van der Waals surface area contributed by atoms with E-state index in [9.17, 15) is 9.59 Å². The van der Waals surface area contributed by atoms with Crippen molar-refractivity contribution in [3.63, 3.8) is 0 Å². The highest BCUT2D eigenvalue weighted by molar-refractivity contribution is 6.10. The number of para-hydroxylation sites is 1. The normalized spacial score (nSPS) is 19.1. The Labute approximate surface area is 147 Å². The molecule has 1 aromatic carbocycles. The van der Waals surface area contributed by atoms with Crippen LogP contribution in [0.2, 0.25) is 0 Å². The molecule has 0 bridgehead atoms. The first kappa shape index (κ1) is 17.3. The van der Waals surface area contributed by atoms with E-state index in [0.29, 0.717) is 12.2 Å². The fraction of sp³-hybridized carbons (Fsp3) is 0.350. The Morgan fingerprint density at radius 1 is 1.20 bits per heavy atom. The van der Waals surface area contributed by atoms with Gasteiger partial charge in [0.15, 0.2) is 11.4 Å². The predicted octanol–water partition coefficient (Wildman–Crippen LogP) is 3.34. The number of hydrogen-bond acceptors (Lipinski definition) is 4. The number of ether oxygens (including phenoxy) is 1. The van der Waals surface area contributed by atoms with Crippen molar-refractivity contribution in [2.24, 2.45) is 0 Å². The second-order valence-electron chi connectivity index (χ2n) is 6.17. The molecule has 0 N–H and O–H groups in total. The number of hydrogen-bond donors (Lipinski definition) is 0. The van der Waals surface area contributed by atoms with Crippen LogP contribution >= 0.6 is 0 Å². The largest absolute Gasteiger partial charge is 0.363 e. The van der Waals surface area contributed by atoms with Crippen LogP contribution in [0, 0.1) is 0 Å². The summed E-state index contributed by atoms with van der Waals surface area (Å²) < 4.78 is 5.70. The number of pyridine rings is 1. The zero-order chi connectivity index (χ0) is 17.9. The molecule has 0 radical (unpaired) electrons. The molecule has 1 unspecified atom stereocenters. The van der Waals surface area contributed by atoms with Gasteiger partial charge in [0.2, 0.25) is 0 Å². The van der Waals surface area contributed by atoms with Crippen molar-refractivity contribution < 1.29 is 14.3 Å². The van der Waals surface area contributed by atoms with Crippen molar-refractivity contribution >= 4 is 17.4 Å². The second kappa shape index (κ2) is 7.15. The first-order valence-electron chi connectivity index (χ1n) is 8.55. The predicted molar refractivity (Wildman–Crippen MR) is 95.6 cm³/mol. The number of carbonyl (C=O) groups excluding carboxylic acids is 2. The average molecular weight is 338 g/mol. The molecule has 0 spiro atoms. The molecule has 0 fully saturated rings. The molecule has 1 aromatic heterocycles.